The number of hydrogen-bond acceptors (Lipinski definition) is 2. The Balaban J connectivity index is 2.67. The van der Waals surface area contributed by atoms with Crippen molar-refractivity contribution in [2.45, 2.75) is 19.4 Å². The second-order valence-corrected chi connectivity index (χ2v) is 3.64. The van der Waals surface area contributed by atoms with Gasteiger partial charge in [0.25, 0.3) is 0 Å². The lowest BCUT2D eigenvalue weighted by Crippen LogP contribution is -2.45. The number of halogens is 2. The zero-order valence-electron chi connectivity index (χ0n) is 9.76. The number of nitrogens with two attached hydrogens (primary N) is 1. The van der Waals surface area contributed by atoms with Crippen molar-refractivity contribution >= 4 is 17.6 Å². The molecule has 18 heavy (non-hydrogen) atoms. The molecule has 0 saturated heterocycles. The fourth-order valence-electron chi connectivity index (χ4n) is 1.31. The van der Waals surface area contributed by atoms with Crippen LogP contribution in [0.1, 0.15) is 13.3 Å². The van der Waals surface area contributed by atoms with Crippen LogP contribution >= 0.6 is 0 Å². The maximum absolute atomic E-state index is 13.2. The van der Waals surface area contributed by atoms with E-state index in [9.17, 15) is 13.6 Å². The van der Waals surface area contributed by atoms with Crippen LogP contribution in [0.3, 0.4) is 0 Å². The van der Waals surface area contributed by atoms with Crippen molar-refractivity contribution in [3.63, 3.8) is 0 Å². The summed E-state index contributed by atoms with van der Waals surface area (Å²) in [6, 6.07) is 1.48. The molecule has 0 radical (unpaired) electrons. The number of amidine groups is 1. The SMILES string of the molecule is CCC(NC(=O)Nc1ccc(F)cc1F)C(=N)N. The summed E-state index contributed by atoms with van der Waals surface area (Å²) >= 11 is 0. The summed E-state index contributed by atoms with van der Waals surface area (Å²) in [5.74, 6) is -1.79. The highest BCUT2D eigenvalue weighted by molar-refractivity contribution is 5.94. The number of anilines is 1. The zero-order valence-corrected chi connectivity index (χ0v) is 9.76. The van der Waals surface area contributed by atoms with Crippen molar-refractivity contribution in [1.82, 2.24) is 5.32 Å². The Bertz CT molecular complexity index is 464. The van der Waals surface area contributed by atoms with Gasteiger partial charge < -0.3 is 16.4 Å². The first-order chi connectivity index (χ1) is 8.43. The second kappa shape index (κ2) is 5.95. The van der Waals surface area contributed by atoms with Gasteiger partial charge in [-0.1, -0.05) is 6.92 Å². The maximum atomic E-state index is 13.2. The molecule has 0 saturated carbocycles. The molecule has 1 rings (SSSR count). The Labute approximate surface area is 103 Å². The number of carbonyl (C=O) groups excluding carboxylic acids is 1. The van der Waals surface area contributed by atoms with E-state index in [1.165, 1.54) is 0 Å². The normalized spacial score (nSPS) is 11.7. The molecule has 0 heterocycles. The van der Waals surface area contributed by atoms with Gasteiger partial charge in [0.05, 0.1) is 11.7 Å². The summed E-state index contributed by atoms with van der Waals surface area (Å²) < 4.78 is 25.9. The smallest absolute Gasteiger partial charge is 0.319 e. The van der Waals surface area contributed by atoms with Crippen molar-refractivity contribution in [1.29, 1.82) is 5.41 Å². The molecular weight excluding hydrogens is 242 g/mol. The summed E-state index contributed by atoms with van der Waals surface area (Å²) in [6.45, 7) is 1.74. The fraction of sp³-hybridized carbons (Fsp3) is 0.273. The summed E-state index contributed by atoms with van der Waals surface area (Å²) in [7, 11) is 0. The molecule has 7 heteroatoms. The van der Waals surface area contributed by atoms with Crippen LogP contribution in [0.2, 0.25) is 0 Å². The minimum atomic E-state index is -0.874. The molecule has 5 N–H and O–H groups in total. The van der Waals surface area contributed by atoms with Crippen LogP contribution in [0.4, 0.5) is 19.3 Å². The number of amides is 2. The molecule has 1 aromatic rings. The van der Waals surface area contributed by atoms with Gasteiger partial charge in [-0.15, -0.1) is 0 Å². The molecule has 0 aliphatic carbocycles. The lowest BCUT2D eigenvalue weighted by atomic mass is 10.2. The molecule has 0 spiro atoms. The van der Waals surface area contributed by atoms with Crippen molar-refractivity contribution < 1.29 is 13.6 Å². The van der Waals surface area contributed by atoms with E-state index in [4.69, 9.17) is 11.1 Å². The lowest BCUT2D eigenvalue weighted by Gasteiger charge is -2.16. The monoisotopic (exact) mass is 256 g/mol. The van der Waals surface area contributed by atoms with E-state index < -0.39 is 23.7 Å². The number of nitrogens with one attached hydrogen (secondary N) is 3. The average Bonchev–Trinajstić information content (AvgIpc) is 2.29. The van der Waals surface area contributed by atoms with E-state index in [-0.39, 0.29) is 11.5 Å². The third kappa shape index (κ3) is 3.69. The average molecular weight is 256 g/mol. The van der Waals surface area contributed by atoms with E-state index in [2.05, 4.69) is 10.6 Å². The number of urea groups is 1. The third-order valence-corrected chi connectivity index (χ3v) is 2.27. The lowest BCUT2D eigenvalue weighted by molar-refractivity contribution is 0.250. The van der Waals surface area contributed by atoms with Gasteiger partial charge in [0.1, 0.15) is 17.5 Å². The van der Waals surface area contributed by atoms with Crippen LogP contribution in [0.15, 0.2) is 18.2 Å². The molecule has 1 unspecified atom stereocenters. The molecule has 5 nitrogen and oxygen atoms in total. The first-order valence-electron chi connectivity index (χ1n) is 5.30. The predicted molar refractivity (Wildman–Crippen MR) is 64.5 cm³/mol. The summed E-state index contributed by atoms with van der Waals surface area (Å²) in [5.41, 5.74) is 5.11. The van der Waals surface area contributed by atoms with E-state index in [0.717, 1.165) is 12.1 Å². The van der Waals surface area contributed by atoms with Gasteiger partial charge in [0.2, 0.25) is 0 Å². The zero-order chi connectivity index (χ0) is 13.7. The van der Waals surface area contributed by atoms with E-state index >= 15 is 0 Å². The Morgan fingerprint density at radius 2 is 2.17 bits per heavy atom. The number of rotatable bonds is 4. The first-order valence-corrected chi connectivity index (χ1v) is 5.30. The van der Waals surface area contributed by atoms with Gasteiger partial charge in [0.15, 0.2) is 0 Å². The molecule has 0 aromatic heterocycles. The van der Waals surface area contributed by atoms with Crippen LogP contribution in [0.25, 0.3) is 0 Å². The summed E-state index contributed by atoms with van der Waals surface area (Å²) in [6.07, 6.45) is 0.439. The minimum Gasteiger partial charge on any atom is -0.386 e. The number of carbonyl (C=O) groups is 1. The van der Waals surface area contributed by atoms with Crippen LogP contribution in [0, 0.1) is 17.0 Å². The molecule has 1 atom stereocenters. The second-order valence-electron chi connectivity index (χ2n) is 3.64. The maximum Gasteiger partial charge on any atom is 0.319 e. The summed E-state index contributed by atoms with van der Waals surface area (Å²) in [4.78, 5) is 11.5. The van der Waals surface area contributed by atoms with Crippen LogP contribution in [0.5, 0.6) is 0 Å². The highest BCUT2D eigenvalue weighted by atomic mass is 19.1. The van der Waals surface area contributed by atoms with E-state index in [0.29, 0.717) is 12.5 Å². The quantitative estimate of drug-likeness (QED) is 0.488. The fourth-order valence-corrected chi connectivity index (χ4v) is 1.31. The van der Waals surface area contributed by atoms with Gasteiger partial charge in [-0.05, 0) is 18.6 Å². The van der Waals surface area contributed by atoms with Gasteiger partial charge in [-0.2, -0.15) is 0 Å². The van der Waals surface area contributed by atoms with Crippen molar-refractivity contribution in [3.05, 3.63) is 29.8 Å². The Kier molecular flexibility index (Phi) is 4.59. The van der Waals surface area contributed by atoms with Crippen molar-refractivity contribution in [3.8, 4) is 0 Å². The molecule has 0 fully saturated rings. The Morgan fingerprint density at radius 3 is 2.67 bits per heavy atom. The van der Waals surface area contributed by atoms with Gasteiger partial charge in [-0.25, -0.2) is 13.6 Å². The van der Waals surface area contributed by atoms with E-state index in [1.807, 2.05) is 0 Å². The van der Waals surface area contributed by atoms with Gasteiger partial charge in [0, 0.05) is 6.07 Å². The Morgan fingerprint density at radius 1 is 1.50 bits per heavy atom. The molecule has 1 aromatic carbocycles. The summed E-state index contributed by atoms with van der Waals surface area (Å²) in [5, 5.41) is 11.8. The van der Waals surface area contributed by atoms with Crippen molar-refractivity contribution in [2.24, 2.45) is 5.73 Å². The van der Waals surface area contributed by atoms with Crippen LogP contribution in [-0.2, 0) is 0 Å². The van der Waals surface area contributed by atoms with Crippen LogP contribution in [-0.4, -0.2) is 17.9 Å². The van der Waals surface area contributed by atoms with E-state index in [1.54, 1.807) is 6.92 Å². The minimum absolute atomic E-state index is 0.146. The van der Waals surface area contributed by atoms with Gasteiger partial charge in [-0.3, -0.25) is 5.41 Å². The van der Waals surface area contributed by atoms with Crippen molar-refractivity contribution in [2.75, 3.05) is 5.32 Å². The molecule has 98 valence electrons. The standard InChI is InChI=1S/C11H14F2N4O/c1-2-8(10(14)15)16-11(18)17-9-4-3-6(12)5-7(9)13/h3-5,8H,2H2,1H3,(H3,14,15)(H2,16,17,18). The first kappa shape index (κ1) is 13.9. The van der Waals surface area contributed by atoms with Crippen LogP contribution < -0.4 is 16.4 Å². The number of hydrogen-bond donors (Lipinski definition) is 4. The molecule has 2 amide bonds. The topological polar surface area (TPSA) is 91.0 Å². The number of benzene rings is 1. The highest BCUT2D eigenvalue weighted by Crippen LogP contribution is 2.14. The van der Waals surface area contributed by atoms with Gasteiger partial charge >= 0.3 is 6.03 Å². The predicted octanol–water partition coefficient (Wildman–Crippen LogP) is 1.80. The largest absolute Gasteiger partial charge is 0.386 e. The third-order valence-electron chi connectivity index (χ3n) is 2.27. The molecule has 0 bridgehead atoms. The Hall–Kier alpha value is -2.18. The highest BCUT2D eigenvalue weighted by Gasteiger charge is 2.14. The molecule has 0 aliphatic heterocycles. The molecule has 0 aliphatic rings. The molecular formula is C11H14F2N4O.